The van der Waals surface area contributed by atoms with Gasteiger partial charge in [-0.1, -0.05) is 32.9 Å². The van der Waals surface area contributed by atoms with Gasteiger partial charge in [0.1, 0.15) is 0 Å². The van der Waals surface area contributed by atoms with E-state index in [1.54, 1.807) is 0 Å². The van der Waals surface area contributed by atoms with E-state index in [1.807, 2.05) is 0 Å². The lowest BCUT2D eigenvalue weighted by atomic mass is 9.70. The van der Waals surface area contributed by atoms with Crippen molar-refractivity contribution in [3.63, 3.8) is 0 Å². The van der Waals surface area contributed by atoms with Gasteiger partial charge < -0.3 is 9.84 Å². The van der Waals surface area contributed by atoms with Crippen LogP contribution in [0.1, 0.15) is 33.6 Å². The summed E-state index contributed by atoms with van der Waals surface area (Å²) >= 11 is 0. The van der Waals surface area contributed by atoms with E-state index < -0.39 is 5.60 Å². The van der Waals surface area contributed by atoms with Crippen molar-refractivity contribution in [2.75, 3.05) is 0 Å². The molecule has 2 rings (SSSR count). The monoisotopic (exact) mass is 182 g/mol. The van der Waals surface area contributed by atoms with Gasteiger partial charge in [0.2, 0.25) is 0 Å². The summed E-state index contributed by atoms with van der Waals surface area (Å²) < 4.78 is 5.62. The van der Waals surface area contributed by atoms with E-state index in [9.17, 15) is 5.11 Å². The minimum Gasteiger partial charge on any atom is -0.389 e. The average Bonchev–Trinajstić information content (AvgIpc) is 2.28. The number of aliphatic hydroxyl groups is 1. The normalized spacial score (nSPS) is 44.0. The third-order valence-corrected chi connectivity index (χ3v) is 3.36. The van der Waals surface area contributed by atoms with Gasteiger partial charge in [-0.15, -0.1) is 0 Å². The van der Waals surface area contributed by atoms with E-state index in [-0.39, 0.29) is 17.6 Å². The zero-order valence-corrected chi connectivity index (χ0v) is 8.58. The molecule has 1 fully saturated rings. The van der Waals surface area contributed by atoms with Crippen molar-refractivity contribution in [3.8, 4) is 0 Å². The van der Waals surface area contributed by atoms with Crippen LogP contribution in [0.4, 0.5) is 0 Å². The molecule has 2 heteroatoms. The molecular weight excluding hydrogens is 164 g/mol. The van der Waals surface area contributed by atoms with Gasteiger partial charge in [0, 0.05) is 12.8 Å². The van der Waals surface area contributed by atoms with Crippen LogP contribution in [0.3, 0.4) is 0 Å². The molecule has 0 radical (unpaired) electrons. The Bertz CT molecular complexity index is 223. The molecule has 0 saturated carbocycles. The molecule has 0 aliphatic carbocycles. The van der Waals surface area contributed by atoms with Gasteiger partial charge in [-0.25, -0.2) is 0 Å². The highest BCUT2D eigenvalue weighted by molar-refractivity contribution is 5.13. The second-order valence-corrected chi connectivity index (χ2v) is 5.29. The topological polar surface area (TPSA) is 29.5 Å². The van der Waals surface area contributed by atoms with Crippen molar-refractivity contribution >= 4 is 0 Å². The van der Waals surface area contributed by atoms with Gasteiger partial charge in [0.25, 0.3) is 0 Å². The molecule has 2 heterocycles. The van der Waals surface area contributed by atoms with Crippen molar-refractivity contribution in [2.24, 2.45) is 5.41 Å². The first-order valence-corrected chi connectivity index (χ1v) is 4.97. The number of hydrogen-bond donors (Lipinski definition) is 1. The van der Waals surface area contributed by atoms with Crippen LogP contribution in [0.25, 0.3) is 0 Å². The largest absolute Gasteiger partial charge is 0.389 e. The van der Waals surface area contributed by atoms with Gasteiger partial charge in [-0.05, 0) is 5.41 Å². The number of ether oxygens (including phenoxy) is 1. The maximum Gasteiger partial charge on any atom is 0.0792 e. The first-order chi connectivity index (χ1) is 5.91. The second kappa shape index (κ2) is 2.58. The van der Waals surface area contributed by atoms with Crippen LogP contribution in [0, 0.1) is 5.41 Å². The highest BCUT2D eigenvalue weighted by atomic mass is 16.5. The lowest BCUT2D eigenvalue weighted by Crippen LogP contribution is -2.50. The van der Waals surface area contributed by atoms with Crippen LogP contribution in [0.15, 0.2) is 12.2 Å². The van der Waals surface area contributed by atoms with Gasteiger partial charge in [-0.3, -0.25) is 0 Å². The molecule has 0 aromatic rings. The molecular formula is C11H18O2. The number of fused-ring (bicyclic) bond motifs is 2. The minimum atomic E-state index is -0.565. The maximum atomic E-state index is 10.5. The van der Waals surface area contributed by atoms with E-state index in [0.717, 1.165) is 12.8 Å². The van der Waals surface area contributed by atoms with Crippen molar-refractivity contribution in [1.29, 1.82) is 0 Å². The lowest BCUT2D eigenvalue weighted by molar-refractivity contribution is -0.153. The summed E-state index contributed by atoms with van der Waals surface area (Å²) in [6.45, 7) is 6.28. The Kier molecular flexibility index (Phi) is 1.83. The summed E-state index contributed by atoms with van der Waals surface area (Å²) in [6, 6.07) is 0. The third-order valence-electron chi connectivity index (χ3n) is 3.36. The summed E-state index contributed by atoms with van der Waals surface area (Å²) in [4.78, 5) is 0. The Balaban J connectivity index is 2.19. The van der Waals surface area contributed by atoms with E-state index in [2.05, 4.69) is 32.9 Å². The molecule has 74 valence electrons. The van der Waals surface area contributed by atoms with E-state index in [4.69, 9.17) is 4.74 Å². The molecule has 0 aromatic heterocycles. The molecule has 1 saturated heterocycles. The first-order valence-electron chi connectivity index (χ1n) is 4.97. The number of rotatable bonds is 0. The predicted molar refractivity (Wildman–Crippen MR) is 51.4 cm³/mol. The second-order valence-electron chi connectivity index (χ2n) is 5.29. The van der Waals surface area contributed by atoms with Gasteiger partial charge in [0.05, 0.1) is 17.8 Å². The number of hydrogen-bond acceptors (Lipinski definition) is 2. The Hall–Kier alpha value is -0.340. The van der Waals surface area contributed by atoms with Crippen LogP contribution in [0.5, 0.6) is 0 Å². The predicted octanol–water partition coefficient (Wildman–Crippen LogP) is 1.88. The molecule has 2 bridgehead atoms. The van der Waals surface area contributed by atoms with Gasteiger partial charge in [-0.2, -0.15) is 0 Å². The summed E-state index contributed by atoms with van der Waals surface area (Å²) in [7, 11) is 0. The van der Waals surface area contributed by atoms with Crippen LogP contribution < -0.4 is 0 Å². The van der Waals surface area contributed by atoms with Crippen molar-refractivity contribution in [3.05, 3.63) is 12.2 Å². The average molecular weight is 182 g/mol. The minimum absolute atomic E-state index is 0.0562. The smallest absolute Gasteiger partial charge is 0.0792 e. The Morgan fingerprint density at radius 1 is 1.23 bits per heavy atom. The van der Waals surface area contributed by atoms with E-state index >= 15 is 0 Å². The molecule has 0 aromatic carbocycles. The molecule has 1 N–H and O–H groups in total. The van der Waals surface area contributed by atoms with Crippen molar-refractivity contribution in [1.82, 2.24) is 0 Å². The SMILES string of the molecule is CC(C)(C)C1(O)C[C@H]2C=C[C@@H](C1)O2. The third kappa shape index (κ3) is 1.42. The van der Waals surface area contributed by atoms with E-state index in [1.165, 1.54) is 0 Å². The molecule has 3 atom stereocenters. The van der Waals surface area contributed by atoms with Crippen molar-refractivity contribution < 1.29 is 9.84 Å². The Labute approximate surface area is 79.6 Å². The fourth-order valence-corrected chi connectivity index (χ4v) is 2.16. The standard InChI is InChI=1S/C11H18O2/c1-10(2,3)11(12)6-8-4-5-9(7-11)13-8/h4-5,8-9,12H,6-7H2,1-3H3/t8-,9+,11?. The summed E-state index contributed by atoms with van der Waals surface area (Å²) in [5.74, 6) is 0. The summed E-state index contributed by atoms with van der Waals surface area (Å²) in [5, 5.41) is 10.5. The summed E-state index contributed by atoms with van der Waals surface area (Å²) in [5.41, 5.74) is -0.622. The highest BCUT2D eigenvalue weighted by Crippen LogP contribution is 2.44. The molecule has 2 aliphatic heterocycles. The molecule has 0 spiro atoms. The van der Waals surface area contributed by atoms with Crippen LogP contribution in [-0.4, -0.2) is 22.9 Å². The zero-order valence-electron chi connectivity index (χ0n) is 8.58. The molecule has 13 heavy (non-hydrogen) atoms. The Morgan fingerprint density at radius 3 is 2.08 bits per heavy atom. The fourth-order valence-electron chi connectivity index (χ4n) is 2.16. The molecule has 0 amide bonds. The summed E-state index contributed by atoms with van der Waals surface area (Å²) in [6.07, 6.45) is 5.92. The molecule has 2 nitrogen and oxygen atoms in total. The van der Waals surface area contributed by atoms with Crippen LogP contribution in [-0.2, 0) is 4.74 Å². The van der Waals surface area contributed by atoms with Crippen LogP contribution in [0.2, 0.25) is 0 Å². The quantitative estimate of drug-likeness (QED) is 0.580. The van der Waals surface area contributed by atoms with E-state index in [0.29, 0.717) is 0 Å². The maximum absolute atomic E-state index is 10.5. The van der Waals surface area contributed by atoms with Crippen LogP contribution >= 0.6 is 0 Å². The Morgan fingerprint density at radius 2 is 1.69 bits per heavy atom. The first kappa shape index (κ1) is 9.22. The fraction of sp³-hybridized carbons (Fsp3) is 0.818. The molecule has 1 unspecified atom stereocenters. The molecule has 2 aliphatic rings. The highest BCUT2D eigenvalue weighted by Gasteiger charge is 2.48. The van der Waals surface area contributed by atoms with Gasteiger partial charge in [0.15, 0.2) is 0 Å². The van der Waals surface area contributed by atoms with Crippen molar-refractivity contribution in [2.45, 2.75) is 51.4 Å². The van der Waals surface area contributed by atoms with Gasteiger partial charge >= 0.3 is 0 Å². The lowest BCUT2D eigenvalue weighted by Gasteiger charge is -2.45. The zero-order chi connectivity index (χ0) is 9.69.